The van der Waals surface area contributed by atoms with E-state index in [0.717, 1.165) is 29.1 Å². The van der Waals surface area contributed by atoms with Crippen molar-refractivity contribution in [2.45, 2.75) is 26.3 Å². The molecule has 1 aromatic heterocycles. The quantitative estimate of drug-likeness (QED) is 0.827. The van der Waals surface area contributed by atoms with Crippen LogP contribution in [0.4, 0.5) is 0 Å². The number of likely N-dealkylation sites (tertiary alicyclic amines) is 1. The number of piperidine rings is 1. The van der Waals surface area contributed by atoms with Gasteiger partial charge in [0.15, 0.2) is 0 Å². The van der Waals surface area contributed by atoms with Gasteiger partial charge in [-0.3, -0.25) is 4.79 Å². The monoisotopic (exact) mass is 263 g/mol. The molecule has 0 bridgehead atoms. The van der Waals surface area contributed by atoms with Crippen LogP contribution < -0.4 is 0 Å². The number of thiophene rings is 1. The second-order valence-electron chi connectivity index (χ2n) is 4.53. The summed E-state index contributed by atoms with van der Waals surface area (Å²) < 4.78 is 0. The number of carbonyl (C=O) groups excluding carboxylic acids is 1. The average molecular weight is 263 g/mol. The second kappa shape index (κ2) is 6.03. The summed E-state index contributed by atoms with van der Waals surface area (Å²) in [7, 11) is 0. The molecular weight excluding hydrogens is 246 g/mol. The molecule has 2 rings (SSSR count). The molecule has 1 aliphatic rings. The highest BCUT2D eigenvalue weighted by atomic mass is 32.1. The van der Waals surface area contributed by atoms with Crippen molar-refractivity contribution in [2.75, 3.05) is 13.2 Å². The third-order valence-electron chi connectivity index (χ3n) is 3.10. The van der Waals surface area contributed by atoms with Gasteiger partial charge in [-0.2, -0.15) is 0 Å². The molecular formula is C14H17NO2S. The lowest BCUT2D eigenvalue weighted by Gasteiger charge is -2.30. The van der Waals surface area contributed by atoms with Gasteiger partial charge in [0.25, 0.3) is 0 Å². The first kappa shape index (κ1) is 13.1. The van der Waals surface area contributed by atoms with E-state index in [1.165, 1.54) is 0 Å². The molecule has 3 nitrogen and oxygen atoms in total. The van der Waals surface area contributed by atoms with Crippen molar-refractivity contribution in [3.8, 4) is 11.8 Å². The van der Waals surface area contributed by atoms with Gasteiger partial charge < -0.3 is 10.0 Å². The first-order valence-corrected chi connectivity index (χ1v) is 6.99. The number of nitrogens with zero attached hydrogens (tertiary/aromatic N) is 1. The number of aliphatic hydroxyl groups is 1. The van der Waals surface area contributed by atoms with E-state index >= 15 is 0 Å². The molecule has 1 saturated heterocycles. The predicted octanol–water partition coefficient (Wildman–Crippen LogP) is 1.85. The number of carbonyl (C=O) groups is 1. The molecule has 1 unspecified atom stereocenters. The first-order chi connectivity index (χ1) is 8.70. The Hall–Kier alpha value is -1.31. The molecule has 4 heteroatoms. The molecule has 1 amide bonds. The fourth-order valence-corrected chi connectivity index (χ4v) is 3.03. The van der Waals surface area contributed by atoms with Crippen LogP contribution in [0.5, 0.6) is 0 Å². The molecule has 1 atom stereocenters. The minimum Gasteiger partial charge on any atom is -0.384 e. The number of aliphatic hydroxyl groups excluding tert-OH is 1. The Morgan fingerprint density at radius 3 is 3.17 bits per heavy atom. The lowest BCUT2D eigenvalue weighted by molar-refractivity contribution is -0.138. The molecule has 96 valence electrons. The lowest BCUT2D eigenvalue weighted by atomic mass is 9.99. The van der Waals surface area contributed by atoms with Crippen molar-refractivity contribution in [1.82, 2.24) is 4.90 Å². The van der Waals surface area contributed by atoms with E-state index in [1.54, 1.807) is 11.3 Å². The van der Waals surface area contributed by atoms with Crippen LogP contribution in [0.3, 0.4) is 0 Å². The molecule has 0 aromatic carbocycles. The number of hydrogen-bond donors (Lipinski definition) is 1. The van der Waals surface area contributed by atoms with Gasteiger partial charge in [-0.15, -0.1) is 11.3 Å². The first-order valence-electron chi connectivity index (χ1n) is 6.18. The Morgan fingerprint density at radius 1 is 1.56 bits per heavy atom. The van der Waals surface area contributed by atoms with Crippen LogP contribution in [0.25, 0.3) is 0 Å². The van der Waals surface area contributed by atoms with E-state index in [1.807, 2.05) is 24.0 Å². The molecule has 18 heavy (non-hydrogen) atoms. The standard InChI is InChI=1S/C14H17NO2S/c1-11-4-2-8-15(14(11)17)10-13-7-6-12(18-13)5-3-9-16/h6-7,11,16H,2,4,8-10H2,1H3. The molecule has 1 aliphatic heterocycles. The molecule has 0 saturated carbocycles. The third-order valence-corrected chi connectivity index (χ3v) is 4.08. The number of amides is 1. The van der Waals surface area contributed by atoms with Gasteiger partial charge in [0, 0.05) is 17.3 Å². The van der Waals surface area contributed by atoms with Crippen LogP contribution in [0.2, 0.25) is 0 Å². The number of hydrogen-bond acceptors (Lipinski definition) is 3. The van der Waals surface area contributed by atoms with E-state index in [9.17, 15) is 4.79 Å². The van der Waals surface area contributed by atoms with Crippen LogP contribution in [0.1, 0.15) is 29.5 Å². The highest BCUT2D eigenvalue weighted by Crippen LogP contribution is 2.22. The van der Waals surface area contributed by atoms with Crippen molar-refractivity contribution in [2.24, 2.45) is 5.92 Å². The minimum atomic E-state index is -0.116. The summed E-state index contributed by atoms with van der Waals surface area (Å²) in [6, 6.07) is 3.96. The van der Waals surface area contributed by atoms with Crippen molar-refractivity contribution in [3.05, 3.63) is 21.9 Å². The smallest absolute Gasteiger partial charge is 0.225 e. The lowest BCUT2D eigenvalue weighted by Crippen LogP contribution is -2.39. The van der Waals surface area contributed by atoms with Gasteiger partial charge in [0.1, 0.15) is 6.61 Å². The minimum absolute atomic E-state index is 0.116. The van der Waals surface area contributed by atoms with Crippen molar-refractivity contribution < 1.29 is 9.90 Å². The van der Waals surface area contributed by atoms with E-state index < -0.39 is 0 Å². The fourth-order valence-electron chi connectivity index (χ4n) is 2.14. The normalized spacial score (nSPS) is 19.6. The van der Waals surface area contributed by atoms with Gasteiger partial charge >= 0.3 is 0 Å². The fraction of sp³-hybridized carbons (Fsp3) is 0.500. The Labute approximate surface area is 111 Å². The zero-order valence-electron chi connectivity index (χ0n) is 10.5. The molecule has 0 aliphatic carbocycles. The SMILES string of the molecule is CC1CCCN(Cc2ccc(C#CCO)s2)C1=O. The van der Waals surface area contributed by atoms with E-state index in [2.05, 4.69) is 11.8 Å². The Kier molecular flexibility index (Phi) is 4.40. The Morgan fingerprint density at radius 2 is 2.39 bits per heavy atom. The Bertz CT molecular complexity index is 483. The maximum absolute atomic E-state index is 12.0. The summed E-state index contributed by atoms with van der Waals surface area (Å²) >= 11 is 1.59. The summed E-state index contributed by atoms with van der Waals surface area (Å²) in [4.78, 5) is 16.0. The molecule has 1 aromatic rings. The molecule has 1 fully saturated rings. The molecule has 0 radical (unpaired) electrons. The average Bonchev–Trinajstić information content (AvgIpc) is 2.80. The second-order valence-corrected chi connectivity index (χ2v) is 5.70. The van der Waals surface area contributed by atoms with Crippen LogP contribution in [0.15, 0.2) is 12.1 Å². The highest BCUT2D eigenvalue weighted by molar-refractivity contribution is 7.12. The molecule has 1 N–H and O–H groups in total. The van der Waals surface area contributed by atoms with Gasteiger partial charge in [0.05, 0.1) is 11.4 Å². The van der Waals surface area contributed by atoms with Gasteiger partial charge in [-0.1, -0.05) is 18.8 Å². The zero-order chi connectivity index (χ0) is 13.0. The predicted molar refractivity (Wildman–Crippen MR) is 72.1 cm³/mol. The van der Waals surface area contributed by atoms with E-state index in [-0.39, 0.29) is 18.4 Å². The van der Waals surface area contributed by atoms with Crippen LogP contribution >= 0.6 is 11.3 Å². The largest absolute Gasteiger partial charge is 0.384 e. The third kappa shape index (κ3) is 3.12. The summed E-state index contributed by atoms with van der Waals surface area (Å²) in [5.74, 6) is 5.94. The maximum atomic E-state index is 12.0. The van der Waals surface area contributed by atoms with Gasteiger partial charge in [0.2, 0.25) is 5.91 Å². The van der Waals surface area contributed by atoms with Crippen LogP contribution in [-0.2, 0) is 11.3 Å². The molecule has 0 spiro atoms. The topological polar surface area (TPSA) is 40.5 Å². The van der Waals surface area contributed by atoms with E-state index in [0.29, 0.717) is 6.54 Å². The maximum Gasteiger partial charge on any atom is 0.225 e. The molecule has 2 heterocycles. The van der Waals surface area contributed by atoms with E-state index in [4.69, 9.17) is 5.11 Å². The Balaban J connectivity index is 2.00. The zero-order valence-corrected chi connectivity index (χ0v) is 11.3. The summed E-state index contributed by atoms with van der Waals surface area (Å²) in [5, 5.41) is 8.64. The summed E-state index contributed by atoms with van der Waals surface area (Å²) in [6.45, 7) is 3.43. The van der Waals surface area contributed by atoms with Crippen molar-refractivity contribution >= 4 is 17.2 Å². The summed E-state index contributed by atoms with van der Waals surface area (Å²) in [6.07, 6.45) is 2.10. The van der Waals surface area contributed by atoms with Gasteiger partial charge in [-0.05, 0) is 25.0 Å². The highest BCUT2D eigenvalue weighted by Gasteiger charge is 2.25. The van der Waals surface area contributed by atoms with Crippen molar-refractivity contribution in [3.63, 3.8) is 0 Å². The summed E-state index contributed by atoms with van der Waals surface area (Å²) in [5.41, 5.74) is 0. The number of rotatable bonds is 2. The van der Waals surface area contributed by atoms with Crippen LogP contribution in [-0.4, -0.2) is 29.1 Å². The van der Waals surface area contributed by atoms with Gasteiger partial charge in [-0.25, -0.2) is 0 Å². The van der Waals surface area contributed by atoms with Crippen molar-refractivity contribution in [1.29, 1.82) is 0 Å². The van der Waals surface area contributed by atoms with Crippen LogP contribution in [0, 0.1) is 17.8 Å².